The van der Waals surface area contributed by atoms with Gasteiger partial charge in [0.05, 0.1) is 0 Å². The molecule has 26 valence electrons. The Balaban J connectivity index is -0.00000000667. The van der Waals surface area contributed by atoms with E-state index in [1.807, 2.05) is 0 Å². The molecule has 0 aliphatic rings. The zero-order valence-corrected chi connectivity index (χ0v) is 2.30. The third kappa shape index (κ3) is 103. The van der Waals surface area contributed by atoms with Crippen LogP contribution in [0.3, 0.4) is 0 Å². The summed E-state index contributed by atoms with van der Waals surface area (Å²) in [5, 5.41) is 7.89. The first-order chi connectivity index (χ1) is 1.41. The monoisotopic (exact) mass is 85.0 g/mol. The third-order valence-electron chi connectivity index (χ3n) is 0. The predicted molar refractivity (Wildman–Crippen MR) is 18.6 cm³/mol. The van der Waals surface area contributed by atoms with Crippen LogP contribution in [0, 0.1) is 4.91 Å². The smallest absolute Gasteiger partial charge is 1.00 e. The van der Waals surface area contributed by atoms with Crippen molar-refractivity contribution in [2.45, 2.75) is 0 Å². The van der Waals surface area contributed by atoms with Gasteiger partial charge in [-0.05, 0) is 0 Å². The third-order valence-corrected chi connectivity index (χ3v) is 0. The van der Waals surface area contributed by atoms with E-state index < -0.39 is 0 Å². The van der Waals surface area contributed by atoms with Crippen molar-refractivity contribution in [1.29, 1.82) is 0 Å². The standard InChI is InChI=1S/Al.Li.HNO2.4H/c;;2-1-3;;;;/h;;(H,2,3);;;;/q;+1;;;;;-1. The first-order valence-electron chi connectivity index (χ1n) is 0.383. The first-order valence-corrected chi connectivity index (χ1v) is 0.383. The van der Waals surface area contributed by atoms with Gasteiger partial charge in [0.1, 0.15) is 0 Å². The molecule has 1 N–H and O–H groups in total. The van der Waals surface area contributed by atoms with Gasteiger partial charge in [-0.15, -0.1) is 4.91 Å². The van der Waals surface area contributed by atoms with Gasteiger partial charge in [0.2, 0.25) is 0 Å². The topological polar surface area (TPSA) is 49.7 Å². The van der Waals surface area contributed by atoms with E-state index in [-0.39, 0.29) is 37.6 Å². The molecule has 0 spiro atoms. The van der Waals surface area contributed by atoms with Crippen LogP contribution >= 0.6 is 0 Å². The molecule has 5 heavy (non-hydrogen) atoms. The summed E-state index contributed by atoms with van der Waals surface area (Å²) >= 11 is 0. The van der Waals surface area contributed by atoms with E-state index in [4.69, 9.17) is 10.1 Å². The van der Waals surface area contributed by atoms with Crippen molar-refractivity contribution in [2.24, 2.45) is 5.34 Å². The normalized spacial score (nSPS) is 2.40. The summed E-state index contributed by atoms with van der Waals surface area (Å²) in [5.41, 5.74) is 0. The summed E-state index contributed by atoms with van der Waals surface area (Å²) < 4.78 is 0. The fourth-order valence-corrected chi connectivity index (χ4v) is 0. The van der Waals surface area contributed by atoms with Crippen LogP contribution < -0.4 is 18.9 Å². The van der Waals surface area contributed by atoms with E-state index in [0.29, 0.717) is 0 Å². The van der Waals surface area contributed by atoms with Crippen LogP contribution in [0.1, 0.15) is 1.43 Å². The minimum absolute atomic E-state index is 0. The second-order valence-corrected chi connectivity index (χ2v) is 0.0816. The van der Waals surface area contributed by atoms with Crippen LogP contribution in [0.2, 0.25) is 0 Å². The van der Waals surface area contributed by atoms with E-state index in [1.54, 1.807) is 0 Å². The van der Waals surface area contributed by atoms with Gasteiger partial charge in [0.25, 0.3) is 0 Å². The molecule has 0 radical (unpaired) electrons. The second-order valence-electron chi connectivity index (χ2n) is 0.0816. The Bertz CT molecular complexity index is 21.0. The first kappa shape index (κ1) is 17.7. The molecule has 0 unspecified atom stereocenters. The molecule has 0 aliphatic carbocycles. The molecule has 0 amide bonds. The average Bonchev–Trinajstić information content (AvgIpc) is 0.918. The molecule has 0 aromatic heterocycles. The molecule has 0 aromatic carbocycles. The molecular weight excluding hydrogens is 79.9 g/mol. The van der Waals surface area contributed by atoms with Gasteiger partial charge in [-0.25, -0.2) is 0 Å². The zero-order valence-electron chi connectivity index (χ0n) is 3.30. The summed E-state index contributed by atoms with van der Waals surface area (Å²) in [5.74, 6) is 0. The van der Waals surface area contributed by atoms with Gasteiger partial charge in [-0.3, -0.25) is 0 Å². The fraction of sp³-hybridized carbons (Fsp3) is 0. The second kappa shape index (κ2) is 24.1. The summed E-state index contributed by atoms with van der Waals surface area (Å²) in [6, 6.07) is 0. The van der Waals surface area contributed by atoms with Crippen molar-refractivity contribution >= 4 is 17.4 Å². The van der Waals surface area contributed by atoms with Crippen LogP contribution in [-0.4, -0.2) is 22.6 Å². The molecule has 3 nitrogen and oxygen atoms in total. The van der Waals surface area contributed by atoms with Gasteiger partial charge in [-0.2, -0.15) is 0 Å². The molecule has 0 aromatic rings. The van der Waals surface area contributed by atoms with E-state index in [9.17, 15) is 0 Å². The molecule has 0 heterocycles. The maximum absolute atomic E-state index is 8.11. The van der Waals surface area contributed by atoms with Gasteiger partial charge >= 0.3 is 18.9 Å². The van der Waals surface area contributed by atoms with Gasteiger partial charge in [-0.1, -0.05) is 0 Å². The molecule has 0 bridgehead atoms. The Labute approximate surface area is 53.5 Å². The number of hydrogen-bond donors (Lipinski definition) is 1. The summed E-state index contributed by atoms with van der Waals surface area (Å²) in [4.78, 5) is 8.11. The van der Waals surface area contributed by atoms with Gasteiger partial charge in [0, 0.05) is 0 Å². The number of hydrogen-bond acceptors (Lipinski definition) is 2. The molecular formula is H5AlLiNO2. The summed E-state index contributed by atoms with van der Waals surface area (Å²) in [6.45, 7) is 0. The van der Waals surface area contributed by atoms with Crippen molar-refractivity contribution in [3.8, 4) is 0 Å². The Morgan fingerprint density at radius 3 is 1.80 bits per heavy atom. The van der Waals surface area contributed by atoms with E-state index in [1.165, 1.54) is 5.34 Å². The van der Waals surface area contributed by atoms with Crippen molar-refractivity contribution in [1.82, 2.24) is 0 Å². The molecule has 0 fully saturated rings. The average molecular weight is 85.0 g/mol. The fourth-order valence-electron chi connectivity index (χ4n) is 0. The SMILES string of the molecule is O=NO.[AlH3].[H-].[Li+]. The molecule has 5 heteroatoms. The van der Waals surface area contributed by atoms with E-state index in [0.717, 1.165) is 0 Å². The Morgan fingerprint density at radius 2 is 1.80 bits per heavy atom. The van der Waals surface area contributed by atoms with Crippen molar-refractivity contribution < 1.29 is 25.5 Å². The van der Waals surface area contributed by atoms with Crippen LogP contribution in [0.15, 0.2) is 5.34 Å². The Hall–Kier alpha value is 0.530. The zero-order chi connectivity index (χ0) is 2.71. The van der Waals surface area contributed by atoms with Crippen LogP contribution in [0.5, 0.6) is 0 Å². The van der Waals surface area contributed by atoms with Gasteiger partial charge in [0.15, 0.2) is 22.7 Å². The summed E-state index contributed by atoms with van der Waals surface area (Å²) in [6.07, 6.45) is 0. The number of nitrogens with zero attached hydrogens (tertiary/aromatic N) is 1. The van der Waals surface area contributed by atoms with Crippen LogP contribution in [0.25, 0.3) is 0 Å². The molecule has 0 atom stereocenters. The van der Waals surface area contributed by atoms with Crippen molar-refractivity contribution in [3.63, 3.8) is 0 Å². The molecule has 0 rings (SSSR count). The molecule has 0 saturated carbocycles. The molecule has 0 saturated heterocycles. The number of rotatable bonds is 0. The largest absolute Gasteiger partial charge is 1.00 e. The van der Waals surface area contributed by atoms with Crippen molar-refractivity contribution in [2.75, 3.05) is 0 Å². The quantitative estimate of drug-likeness (QED) is 0.185. The summed E-state index contributed by atoms with van der Waals surface area (Å²) in [7, 11) is 0. The molecule has 0 aliphatic heterocycles. The predicted octanol–water partition coefficient (Wildman–Crippen LogP) is -3.93. The van der Waals surface area contributed by atoms with Crippen LogP contribution in [-0.2, 0) is 0 Å². The van der Waals surface area contributed by atoms with Crippen LogP contribution in [0.4, 0.5) is 0 Å². The Kier molecular flexibility index (Phi) is 85.5. The van der Waals surface area contributed by atoms with Crippen molar-refractivity contribution in [3.05, 3.63) is 4.91 Å². The van der Waals surface area contributed by atoms with E-state index in [2.05, 4.69) is 0 Å². The maximum Gasteiger partial charge on any atom is 1.00 e. The minimum Gasteiger partial charge on any atom is -1.00 e. The minimum atomic E-state index is 0. The van der Waals surface area contributed by atoms with Gasteiger partial charge < -0.3 is 6.63 Å². The van der Waals surface area contributed by atoms with E-state index >= 15 is 0 Å². The maximum atomic E-state index is 8.11. The Morgan fingerprint density at radius 1 is 1.80 bits per heavy atom.